The number of hydrogen-bond acceptors (Lipinski definition) is 3. The first-order valence-corrected chi connectivity index (χ1v) is 6.62. The molecule has 1 saturated heterocycles. The largest absolute Gasteiger partial charge is 0.486 e. The van der Waals surface area contributed by atoms with Crippen molar-refractivity contribution in [3.63, 3.8) is 0 Å². The lowest BCUT2D eigenvalue weighted by molar-refractivity contribution is 0.163. The molecule has 1 fully saturated rings. The second-order valence-corrected chi connectivity index (χ2v) is 4.98. The summed E-state index contributed by atoms with van der Waals surface area (Å²) in [6, 6.07) is 3.65. The topological polar surface area (TPSA) is 30.5 Å². The predicted molar refractivity (Wildman–Crippen MR) is 66.7 cm³/mol. The molecule has 2 heterocycles. The number of halogens is 1. The van der Waals surface area contributed by atoms with Gasteiger partial charge in [0.2, 0.25) is 0 Å². The van der Waals surface area contributed by atoms with Gasteiger partial charge in [0, 0.05) is 0 Å². The van der Waals surface area contributed by atoms with Gasteiger partial charge in [-0.05, 0) is 49.9 Å². The molecule has 0 aliphatic carbocycles. The Kier molecular flexibility index (Phi) is 3.37. The minimum absolute atomic E-state index is 0.238. The summed E-state index contributed by atoms with van der Waals surface area (Å²) in [6.45, 7) is 2.99. The third kappa shape index (κ3) is 2.29. The predicted octanol–water partition coefficient (Wildman–Crippen LogP) is 2.14. The smallest absolute Gasteiger partial charge is 0.197 e. The lowest BCUT2D eigenvalue weighted by atomic mass is 9.92. The van der Waals surface area contributed by atoms with Crippen LogP contribution in [0.2, 0.25) is 0 Å². The molecule has 4 heteroatoms. The molecular weight excluding hydrogens is 233 g/mol. The second-order valence-electron chi connectivity index (χ2n) is 4.98. The van der Waals surface area contributed by atoms with Gasteiger partial charge in [0.15, 0.2) is 17.3 Å². The van der Waals surface area contributed by atoms with E-state index in [0.717, 1.165) is 25.1 Å². The molecule has 2 aliphatic heterocycles. The minimum Gasteiger partial charge on any atom is -0.486 e. The summed E-state index contributed by atoms with van der Waals surface area (Å²) in [5.41, 5.74) is 0.743. The van der Waals surface area contributed by atoms with Gasteiger partial charge in [-0.1, -0.05) is 6.07 Å². The van der Waals surface area contributed by atoms with Gasteiger partial charge in [-0.2, -0.15) is 0 Å². The normalized spacial score (nSPS) is 22.8. The fraction of sp³-hybridized carbons (Fsp3) is 0.571. The summed E-state index contributed by atoms with van der Waals surface area (Å²) < 4.78 is 25.0. The Balaban J connectivity index is 1.79. The quantitative estimate of drug-likeness (QED) is 0.873. The fourth-order valence-electron chi connectivity index (χ4n) is 2.69. The number of ether oxygens (including phenoxy) is 2. The summed E-state index contributed by atoms with van der Waals surface area (Å²) in [6.07, 6.45) is 3.12. The molecule has 0 amide bonds. The first-order valence-electron chi connectivity index (χ1n) is 6.62. The molecule has 0 radical (unpaired) electrons. The van der Waals surface area contributed by atoms with Crippen LogP contribution < -0.4 is 14.8 Å². The molecule has 3 rings (SSSR count). The van der Waals surface area contributed by atoms with Crippen LogP contribution in [0.4, 0.5) is 4.39 Å². The summed E-state index contributed by atoms with van der Waals surface area (Å²) in [7, 11) is 0. The van der Waals surface area contributed by atoms with Gasteiger partial charge in [0.1, 0.15) is 13.2 Å². The standard InChI is InChI=1S/C14H18FNO2/c15-13-11(8-10-2-1-5-16-9-10)3-4-12-14(13)18-7-6-17-12/h3-4,10,16H,1-2,5-9H2. The van der Waals surface area contributed by atoms with Crippen LogP contribution in [0.3, 0.4) is 0 Å². The van der Waals surface area contributed by atoms with Crippen LogP contribution in [0.15, 0.2) is 12.1 Å². The monoisotopic (exact) mass is 251 g/mol. The molecule has 1 aromatic carbocycles. The number of nitrogens with one attached hydrogen (secondary N) is 1. The van der Waals surface area contributed by atoms with E-state index < -0.39 is 0 Å². The summed E-state index contributed by atoms with van der Waals surface area (Å²) in [5, 5.41) is 3.36. The van der Waals surface area contributed by atoms with Crippen LogP contribution in [0.5, 0.6) is 11.5 Å². The molecule has 0 aromatic heterocycles. The first kappa shape index (κ1) is 11.8. The van der Waals surface area contributed by atoms with E-state index >= 15 is 0 Å². The highest BCUT2D eigenvalue weighted by Crippen LogP contribution is 2.35. The van der Waals surface area contributed by atoms with Gasteiger partial charge in [0.05, 0.1) is 0 Å². The van der Waals surface area contributed by atoms with E-state index in [1.54, 1.807) is 0 Å². The van der Waals surface area contributed by atoms with Crippen molar-refractivity contribution in [1.82, 2.24) is 5.32 Å². The summed E-state index contributed by atoms with van der Waals surface area (Å²) in [5.74, 6) is 1.11. The molecule has 0 bridgehead atoms. The Morgan fingerprint density at radius 2 is 2.17 bits per heavy atom. The van der Waals surface area contributed by atoms with E-state index in [9.17, 15) is 4.39 Å². The molecule has 1 unspecified atom stereocenters. The van der Waals surface area contributed by atoms with Crippen LogP contribution in [-0.4, -0.2) is 26.3 Å². The number of fused-ring (bicyclic) bond motifs is 1. The van der Waals surface area contributed by atoms with Crippen molar-refractivity contribution in [2.75, 3.05) is 26.3 Å². The zero-order chi connectivity index (χ0) is 12.4. The van der Waals surface area contributed by atoms with E-state index in [4.69, 9.17) is 9.47 Å². The van der Waals surface area contributed by atoms with Gasteiger partial charge in [0.25, 0.3) is 0 Å². The molecule has 0 saturated carbocycles. The highest BCUT2D eigenvalue weighted by molar-refractivity contribution is 5.45. The van der Waals surface area contributed by atoms with Crippen LogP contribution in [0.25, 0.3) is 0 Å². The zero-order valence-electron chi connectivity index (χ0n) is 10.4. The molecule has 98 valence electrons. The first-order chi connectivity index (χ1) is 8.84. The van der Waals surface area contributed by atoms with Gasteiger partial charge in [-0.15, -0.1) is 0 Å². The van der Waals surface area contributed by atoms with Crippen molar-refractivity contribution in [2.45, 2.75) is 19.3 Å². The van der Waals surface area contributed by atoms with Crippen molar-refractivity contribution < 1.29 is 13.9 Å². The van der Waals surface area contributed by atoms with Crippen molar-refractivity contribution in [2.24, 2.45) is 5.92 Å². The molecule has 2 aliphatic rings. The van der Waals surface area contributed by atoms with E-state index in [-0.39, 0.29) is 5.82 Å². The Labute approximate surface area is 106 Å². The number of hydrogen-bond donors (Lipinski definition) is 1. The molecular formula is C14H18FNO2. The van der Waals surface area contributed by atoms with E-state index in [0.29, 0.717) is 30.6 Å². The summed E-state index contributed by atoms with van der Waals surface area (Å²) >= 11 is 0. The van der Waals surface area contributed by atoms with Gasteiger partial charge >= 0.3 is 0 Å². The Hall–Kier alpha value is -1.29. The highest BCUT2D eigenvalue weighted by atomic mass is 19.1. The maximum Gasteiger partial charge on any atom is 0.197 e. The molecule has 18 heavy (non-hydrogen) atoms. The van der Waals surface area contributed by atoms with E-state index in [1.165, 1.54) is 12.8 Å². The third-order valence-electron chi connectivity index (χ3n) is 3.64. The average Bonchev–Trinajstić information content (AvgIpc) is 2.43. The Bertz CT molecular complexity index is 430. The maximum absolute atomic E-state index is 14.3. The molecule has 3 nitrogen and oxygen atoms in total. The lowest BCUT2D eigenvalue weighted by Crippen LogP contribution is -2.31. The van der Waals surface area contributed by atoms with Crippen LogP contribution >= 0.6 is 0 Å². The second kappa shape index (κ2) is 5.14. The van der Waals surface area contributed by atoms with Gasteiger partial charge in [-0.3, -0.25) is 0 Å². The van der Waals surface area contributed by atoms with E-state index in [1.807, 2.05) is 12.1 Å². The minimum atomic E-state index is -0.238. The lowest BCUT2D eigenvalue weighted by Gasteiger charge is -2.24. The third-order valence-corrected chi connectivity index (χ3v) is 3.64. The number of rotatable bonds is 2. The molecule has 1 N–H and O–H groups in total. The highest BCUT2D eigenvalue weighted by Gasteiger charge is 2.22. The van der Waals surface area contributed by atoms with Crippen LogP contribution in [-0.2, 0) is 6.42 Å². The maximum atomic E-state index is 14.3. The zero-order valence-corrected chi connectivity index (χ0v) is 10.4. The van der Waals surface area contributed by atoms with Gasteiger partial charge < -0.3 is 14.8 Å². The van der Waals surface area contributed by atoms with Crippen molar-refractivity contribution >= 4 is 0 Å². The number of piperidine rings is 1. The summed E-state index contributed by atoms with van der Waals surface area (Å²) in [4.78, 5) is 0. The van der Waals surface area contributed by atoms with Crippen molar-refractivity contribution in [3.8, 4) is 11.5 Å². The number of benzene rings is 1. The van der Waals surface area contributed by atoms with Crippen LogP contribution in [0.1, 0.15) is 18.4 Å². The van der Waals surface area contributed by atoms with Gasteiger partial charge in [-0.25, -0.2) is 4.39 Å². The Morgan fingerprint density at radius 1 is 1.28 bits per heavy atom. The molecule has 1 aromatic rings. The Morgan fingerprint density at radius 3 is 3.00 bits per heavy atom. The fourth-order valence-corrected chi connectivity index (χ4v) is 2.69. The molecule has 1 atom stereocenters. The van der Waals surface area contributed by atoms with Crippen molar-refractivity contribution in [3.05, 3.63) is 23.5 Å². The molecule has 0 spiro atoms. The SMILES string of the molecule is Fc1c(CC2CCCNC2)ccc2c1OCCO2. The van der Waals surface area contributed by atoms with E-state index in [2.05, 4.69) is 5.32 Å². The van der Waals surface area contributed by atoms with Crippen LogP contribution in [0, 0.1) is 11.7 Å². The average molecular weight is 251 g/mol. The van der Waals surface area contributed by atoms with Crippen molar-refractivity contribution in [1.29, 1.82) is 0 Å².